The normalized spacial score (nSPS) is 12.4. The van der Waals surface area contributed by atoms with Gasteiger partial charge in [-0.3, -0.25) is 4.99 Å². The number of pyridine rings is 1. The maximum Gasteiger partial charge on any atom is 0.143 e. The van der Waals surface area contributed by atoms with E-state index in [0.29, 0.717) is 11.6 Å². The van der Waals surface area contributed by atoms with E-state index >= 15 is 0 Å². The van der Waals surface area contributed by atoms with Crippen LogP contribution in [0, 0.1) is 6.92 Å². The van der Waals surface area contributed by atoms with E-state index in [4.69, 9.17) is 10.5 Å². The van der Waals surface area contributed by atoms with Crippen LogP contribution in [0.25, 0.3) is 27.6 Å². The summed E-state index contributed by atoms with van der Waals surface area (Å²) in [6.45, 7) is 5.70. The van der Waals surface area contributed by atoms with Crippen LogP contribution >= 0.6 is 0 Å². The van der Waals surface area contributed by atoms with Gasteiger partial charge in [0.25, 0.3) is 0 Å². The average Bonchev–Trinajstić information content (AvgIpc) is 3.19. The number of ether oxygens (including phenoxy) is 1. The number of nitrogens with zero attached hydrogens (tertiary/aromatic N) is 4. The molecule has 8 heteroatoms. The van der Waals surface area contributed by atoms with E-state index in [1.807, 2.05) is 73.4 Å². The fourth-order valence-corrected chi connectivity index (χ4v) is 3.83. The van der Waals surface area contributed by atoms with Gasteiger partial charge in [0.2, 0.25) is 0 Å². The SMILES string of the molecule is COc1cc(-c2cnc(C)n2C)ccc1Nc1cc2cc(C(C=NCC(C)(C)O)=CN)ccc2cn1. The molecule has 0 radical (unpaired) electrons. The Morgan fingerprint density at radius 1 is 1.14 bits per heavy atom. The summed E-state index contributed by atoms with van der Waals surface area (Å²) in [5.74, 6) is 2.34. The van der Waals surface area contributed by atoms with Gasteiger partial charge >= 0.3 is 0 Å². The zero-order valence-electron chi connectivity index (χ0n) is 21.3. The first-order valence-corrected chi connectivity index (χ1v) is 11.7. The molecule has 0 bridgehead atoms. The number of hydrogen-bond acceptors (Lipinski definition) is 7. The van der Waals surface area contributed by atoms with Crippen LogP contribution in [-0.2, 0) is 7.05 Å². The van der Waals surface area contributed by atoms with E-state index in [2.05, 4.69) is 20.3 Å². The molecule has 4 aromatic rings. The fourth-order valence-electron chi connectivity index (χ4n) is 3.83. The summed E-state index contributed by atoms with van der Waals surface area (Å²) < 4.78 is 7.71. The predicted molar refractivity (Wildman–Crippen MR) is 147 cm³/mol. The fraction of sp³-hybridized carbons (Fsp3) is 0.250. The molecular weight excluding hydrogens is 452 g/mol. The number of methoxy groups -OCH3 is 1. The van der Waals surface area contributed by atoms with Crippen molar-refractivity contribution in [3.05, 3.63) is 72.4 Å². The van der Waals surface area contributed by atoms with E-state index in [1.165, 1.54) is 6.20 Å². The smallest absolute Gasteiger partial charge is 0.143 e. The second kappa shape index (κ2) is 10.2. The van der Waals surface area contributed by atoms with Crippen molar-refractivity contribution in [1.29, 1.82) is 0 Å². The highest BCUT2D eigenvalue weighted by Gasteiger charge is 2.12. The molecule has 0 unspecified atom stereocenters. The third-order valence-corrected chi connectivity index (χ3v) is 5.92. The number of allylic oxidation sites excluding steroid dienone is 1. The molecule has 0 saturated heterocycles. The van der Waals surface area contributed by atoms with Gasteiger partial charge in [-0.15, -0.1) is 0 Å². The predicted octanol–water partition coefficient (Wildman–Crippen LogP) is 4.84. The third kappa shape index (κ3) is 5.55. The molecule has 0 saturated carbocycles. The van der Waals surface area contributed by atoms with E-state index in [-0.39, 0.29) is 6.54 Å². The van der Waals surface area contributed by atoms with E-state index in [1.54, 1.807) is 27.2 Å². The van der Waals surface area contributed by atoms with Gasteiger partial charge in [0.05, 0.1) is 36.8 Å². The van der Waals surface area contributed by atoms with Crippen LogP contribution in [0.15, 0.2) is 66.1 Å². The number of benzene rings is 2. The lowest BCUT2D eigenvalue weighted by molar-refractivity contribution is 0.0906. The number of rotatable bonds is 8. The Kier molecular flexibility index (Phi) is 7.07. The van der Waals surface area contributed by atoms with Crippen molar-refractivity contribution in [2.45, 2.75) is 26.4 Å². The summed E-state index contributed by atoms with van der Waals surface area (Å²) in [7, 11) is 3.65. The average molecular weight is 485 g/mol. The minimum atomic E-state index is -0.873. The van der Waals surface area contributed by atoms with Gasteiger partial charge in [-0.2, -0.15) is 0 Å². The Balaban J connectivity index is 1.61. The molecule has 0 aliphatic rings. The summed E-state index contributed by atoms with van der Waals surface area (Å²) in [5, 5.41) is 15.3. The molecule has 0 spiro atoms. The largest absolute Gasteiger partial charge is 0.495 e. The molecule has 4 rings (SSSR count). The van der Waals surface area contributed by atoms with Gasteiger partial charge in [-0.1, -0.05) is 18.2 Å². The van der Waals surface area contributed by atoms with Crippen molar-refractivity contribution in [1.82, 2.24) is 14.5 Å². The summed E-state index contributed by atoms with van der Waals surface area (Å²) >= 11 is 0. The highest BCUT2D eigenvalue weighted by atomic mass is 16.5. The number of aryl methyl sites for hydroxylation is 1. The van der Waals surface area contributed by atoms with E-state index < -0.39 is 5.60 Å². The van der Waals surface area contributed by atoms with Crippen LogP contribution < -0.4 is 15.8 Å². The summed E-state index contributed by atoms with van der Waals surface area (Å²) in [4.78, 5) is 13.3. The minimum Gasteiger partial charge on any atom is -0.495 e. The van der Waals surface area contributed by atoms with Crippen molar-refractivity contribution in [2.75, 3.05) is 19.0 Å². The maximum absolute atomic E-state index is 9.90. The molecule has 0 amide bonds. The molecule has 2 aromatic heterocycles. The Hall–Kier alpha value is -4.17. The van der Waals surface area contributed by atoms with Crippen LogP contribution in [0.1, 0.15) is 25.2 Å². The summed E-state index contributed by atoms with van der Waals surface area (Å²) in [5.41, 5.74) is 9.54. The number of nitrogens with one attached hydrogen (secondary N) is 1. The minimum absolute atomic E-state index is 0.288. The zero-order chi connectivity index (χ0) is 25.9. The molecule has 0 aliphatic heterocycles. The summed E-state index contributed by atoms with van der Waals surface area (Å²) in [6, 6.07) is 14.0. The second-order valence-corrected chi connectivity index (χ2v) is 9.33. The number of fused-ring (bicyclic) bond motifs is 1. The van der Waals surface area contributed by atoms with Gasteiger partial charge in [-0.25, -0.2) is 9.97 Å². The van der Waals surface area contributed by atoms with Crippen LogP contribution in [0.3, 0.4) is 0 Å². The number of aromatic nitrogens is 3. The highest BCUT2D eigenvalue weighted by molar-refractivity contribution is 6.10. The molecule has 0 atom stereocenters. The molecule has 0 aliphatic carbocycles. The zero-order valence-corrected chi connectivity index (χ0v) is 21.3. The quantitative estimate of drug-likeness (QED) is 0.309. The van der Waals surface area contributed by atoms with Gasteiger partial charge in [0.15, 0.2) is 0 Å². The molecule has 36 heavy (non-hydrogen) atoms. The first kappa shape index (κ1) is 24.9. The van der Waals surface area contributed by atoms with Gasteiger partial charge in [-0.05, 0) is 56.0 Å². The number of aliphatic imine (C=N–C) groups is 1. The van der Waals surface area contributed by atoms with E-state index in [0.717, 1.165) is 44.7 Å². The third-order valence-electron chi connectivity index (χ3n) is 5.92. The van der Waals surface area contributed by atoms with Gasteiger partial charge in [0, 0.05) is 42.2 Å². The lowest BCUT2D eigenvalue weighted by Crippen LogP contribution is -2.22. The van der Waals surface area contributed by atoms with Crippen molar-refractivity contribution < 1.29 is 9.84 Å². The first-order chi connectivity index (χ1) is 17.2. The highest BCUT2D eigenvalue weighted by Crippen LogP contribution is 2.33. The van der Waals surface area contributed by atoms with Gasteiger partial charge < -0.3 is 25.5 Å². The molecule has 2 aromatic carbocycles. The van der Waals surface area contributed by atoms with Gasteiger partial charge in [0.1, 0.15) is 17.4 Å². The van der Waals surface area contributed by atoms with Crippen molar-refractivity contribution in [3.8, 4) is 17.0 Å². The van der Waals surface area contributed by atoms with Crippen LogP contribution in [0.4, 0.5) is 11.5 Å². The maximum atomic E-state index is 9.90. The Bertz CT molecular complexity index is 1450. The molecule has 0 fully saturated rings. The number of hydrogen-bond donors (Lipinski definition) is 3. The molecule has 4 N–H and O–H groups in total. The standard InChI is InChI=1S/C28H32N6O2/c1-18-31-16-25(34(18)4)20-8-9-24(26(11-20)36-5)33-27-12-22-10-19(6-7-21(22)15-32-27)23(13-29)14-30-17-28(2,3)35/h6-16,35H,17,29H2,1-5H3,(H,32,33). The second-order valence-electron chi connectivity index (χ2n) is 9.33. The van der Waals surface area contributed by atoms with E-state index in [9.17, 15) is 5.11 Å². The number of imidazole rings is 1. The molecule has 8 nitrogen and oxygen atoms in total. The lowest BCUT2D eigenvalue weighted by Gasteiger charge is -2.14. The molecule has 2 heterocycles. The Morgan fingerprint density at radius 2 is 1.94 bits per heavy atom. The number of anilines is 2. The first-order valence-electron chi connectivity index (χ1n) is 11.7. The topological polar surface area (TPSA) is 111 Å². The lowest BCUT2D eigenvalue weighted by atomic mass is 10.0. The molecule has 186 valence electrons. The van der Waals surface area contributed by atoms with Crippen molar-refractivity contribution in [2.24, 2.45) is 17.8 Å². The Labute approximate surface area is 211 Å². The Morgan fingerprint density at radius 3 is 2.61 bits per heavy atom. The molecular formula is C28H32N6O2. The van der Waals surface area contributed by atoms with Crippen molar-refractivity contribution in [3.63, 3.8) is 0 Å². The monoisotopic (exact) mass is 484 g/mol. The van der Waals surface area contributed by atoms with Crippen LogP contribution in [0.2, 0.25) is 0 Å². The van der Waals surface area contributed by atoms with Crippen LogP contribution in [0.5, 0.6) is 5.75 Å². The number of aliphatic hydroxyl groups is 1. The van der Waals surface area contributed by atoms with Crippen molar-refractivity contribution >= 4 is 34.1 Å². The number of nitrogens with two attached hydrogens (primary N) is 1. The van der Waals surface area contributed by atoms with Crippen LogP contribution in [-0.4, -0.2) is 45.1 Å². The summed E-state index contributed by atoms with van der Waals surface area (Å²) in [6.07, 6.45) is 6.90.